The fraction of sp³-hybridized carbons (Fsp3) is 0.789. The Kier molecular flexibility index (Phi) is 10.4. The molecular formula is C19H35N. The summed E-state index contributed by atoms with van der Waals surface area (Å²) >= 11 is 0. The molecular weight excluding hydrogens is 242 g/mol. The zero-order valence-corrected chi connectivity index (χ0v) is 13.9. The van der Waals surface area contributed by atoms with E-state index in [1.165, 1.54) is 83.5 Å². The summed E-state index contributed by atoms with van der Waals surface area (Å²) in [6.45, 7) is 0. The average molecular weight is 277 g/mol. The van der Waals surface area contributed by atoms with Gasteiger partial charge in [0.05, 0.1) is 0 Å². The van der Waals surface area contributed by atoms with Crippen molar-refractivity contribution in [2.24, 2.45) is 0 Å². The molecule has 0 bridgehead atoms. The lowest BCUT2D eigenvalue weighted by Gasteiger charge is -2.17. The molecule has 1 aliphatic carbocycles. The zero-order chi connectivity index (χ0) is 14.5. The molecule has 1 heteroatoms. The van der Waals surface area contributed by atoms with Gasteiger partial charge in [-0.2, -0.15) is 0 Å². The molecule has 0 saturated heterocycles. The van der Waals surface area contributed by atoms with E-state index in [0.717, 1.165) is 0 Å². The second-order valence-electron chi connectivity index (χ2n) is 6.36. The molecule has 0 saturated carbocycles. The third-order valence-electron chi connectivity index (χ3n) is 4.25. The normalized spacial score (nSPS) is 25.2. The molecule has 0 heterocycles. The van der Waals surface area contributed by atoms with Gasteiger partial charge >= 0.3 is 0 Å². The predicted octanol–water partition coefficient (Wildman–Crippen LogP) is 6.07. The van der Waals surface area contributed by atoms with Crippen LogP contribution in [0.5, 0.6) is 0 Å². The average Bonchev–Trinajstić information content (AvgIpc) is 2.43. The van der Waals surface area contributed by atoms with Gasteiger partial charge in [0.15, 0.2) is 0 Å². The first kappa shape index (κ1) is 17.3. The van der Waals surface area contributed by atoms with E-state index in [0.29, 0.717) is 0 Å². The van der Waals surface area contributed by atoms with E-state index in [2.05, 4.69) is 37.2 Å². The van der Waals surface area contributed by atoms with Crippen molar-refractivity contribution in [2.75, 3.05) is 14.1 Å². The van der Waals surface area contributed by atoms with E-state index in [4.69, 9.17) is 0 Å². The van der Waals surface area contributed by atoms with Gasteiger partial charge in [0.2, 0.25) is 0 Å². The van der Waals surface area contributed by atoms with Gasteiger partial charge in [-0.1, -0.05) is 50.3 Å². The van der Waals surface area contributed by atoms with E-state index < -0.39 is 0 Å². The van der Waals surface area contributed by atoms with Crippen LogP contribution in [-0.2, 0) is 0 Å². The van der Waals surface area contributed by atoms with Crippen molar-refractivity contribution in [3.8, 4) is 0 Å². The molecule has 1 aliphatic rings. The van der Waals surface area contributed by atoms with Crippen molar-refractivity contribution in [2.45, 2.75) is 83.5 Å². The summed E-state index contributed by atoms with van der Waals surface area (Å²) in [7, 11) is 4.39. The van der Waals surface area contributed by atoms with Crippen molar-refractivity contribution in [1.29, 1.82) is 0 Å². The molecule has 0 unspecified atom stereocenters. The molecule has 0 fully saturated rings. The highest BCUT2D eigenvalue weighted by Crippen LogP contribution is 2.16. The molecule has 0 radical (unpaired) electrons. The van der Waals surface area contributed by atoms with Crippen LogP contribution in [0.15, 0.2) is 23.9 Å². The first-order valence-electron chi connectivity index (χ1n) is 8.82. The Morgan fingerprint density at radius 2 is 1.15 bits per heavy atom. The Morgan fingerprint density at radius 1 is 0.650 bits per heavy atom. The summed E-state index contributed by atoms with van der Waals surface area (Å²) in [4.78, 5) is 2.32. The minimum absolute atomic E-state index is 1.27. The Bertz CT molecular complexity index is 275. The summed E-state index contributed by atoms with van der Waals surface area (Å²) in [5, 5.41) is 0. The fourth-order valence-electron chi connectivity index (χ4n) is 2.87. The lowest BCUT2D eigenvalue weighted by Crippen LogP contribution is -2.11. The highest BCUT2D eigenvalue weighted by Gasteiger charge is 2.00. The monoisotopic (exact) mass is 277 g/mol. The molecule has 0 atom stereocenters. The molecule has 20 heavy (non-hydrogen) atoms. The summed E-state index contributed by atoms with van der Waals surface area (Å²) < 4.78 is 0. The van der Waals surface area contributed by atoms with E-state index in [1.807, 2.05) is 0 Å². The fourth-order valence-corrected chi connectivity index (χ4v) is 2.87. The maximum absolute atomic E-state index is 2.48. The number of hydrogen-bond acceptors (Lipinski definition) is 1. The van der Waals surface area contributed by atoms with Gasteiger partial charge < -0.3 is 4.90 Å². The van der Waals surface area contributed by atoms with Crippen LogP contribution in [-0.4, -0.2) is 19.0 Å². The number of allylic oxidation sites excluding steroid dienone is 4. The molecule has 116 valence electrons. The largest absolute Gasteiger partial charge is 0.381 e. The van der Waals surface area contributed by atoms with Crippen LogP contribution in [0.2, 0.25) is 0 Å². The predicted molar refractivity (Wildman–Crippen MR) is 90.9 cm³/mol. The third kappa shape index (κ3) is 9.23. The van der Waals surface area contributed by atoms with Crippen LogP contribution in [0.25, 0.3) is 0 Å². The zero-order valence-electron chi connectivity index (χ0n) is 13.9. The van der Waals surface area contributed by atoms with Gasteiger partial charge in [-0.05, 0) is 51.4 Å². The molecule has 0 aromatic heterocycles. The Labute approximate surface area is 127 Å². The number of nitrogens with zero attached hydrogens (tertiary/aromatic N) is 1. The van der Waals surface area contributed by atoms with Gasteiger partial charge in [-0.3, -0.25) is 0 Å². The summed E-state index contributed by atoms with van der Waals surface area (Å²) in [5.74, 6) is 0. The first-order chi connectivity index (χ1) is 9.80. The van der Waals surface area contributed by atoms with Crippen molar-refractivity contribution in [1.82, 2.24) is 4.90 Å². The van der Waals surface area contributed by atoms with Crippen LogP contribution >= 0.6 is 0 Å². The summed E-state index contributed by atoms with van der Waals surface area (Å²) in [6.07, 6.45) is 24.9. The molecule has 0 aromatic rings. The first-order valence-corrected chi connectivity index (χ1v) is 8.82. The van der Waals surface area contributed by atoms with E-state index >= 15 is 0 Å². The van der Waals surface area contributed by atoms with Crippen LogP contribution in [0.3, 0.4) is 0 Å². The summed E-state index contributed by atoms with van der Waals surface area (Å²) in [5.41, 5.74) is 1.55. The maximum Gasteiger partial charge on any atom is 0.00869 e. The lowest BCUT2D eigenvalue weighted by atomic mass is 10.1. The molecule has 0 N–H and O–H groups in total. The van der Waals surface area contributed by atoms with E-state index in [-0.39, 0.29) is 0 Å². The van der Waals surface area contributed by atoms with Crippen molar-refractivity contribution in [3.05, 3.63) is 23.9 Å². The minimum atomic E-state index is 1.27. The Hall–Kier alpha value is -0.720. The third-order valence-corrected chi connectivity index (χ3v) is 4.25. The van der Waals surface area contributed by atoms with Crippen LogP contribution in [0.4, 0.5) is 0 Å². The second-order valence-corrected chi connectivity index (χ2v) is 6.36. The SMILES string of the molecule is CN(C)/C1=C/CCCCCC/C=C\CCCCCCC1. The van der Waals surface area contributed by atoms with Gasteiger partial charge in [-0.25, -0.2) is 0 Å². The highest BCUT2D eigenvalue weighted by molar-refractivity contribution is 4.99. The maximum atomic E-state index is 2.48. The molecule has 0 aromatic carbocycles. The van der Waals surface area contributed by atoms with Gasteiger partial charge in [-0.15, -0.1) is 0 Å². The van der Waals surface area contributed by atoms with Crippen LogP contribution in [0.1, 0.15) is 83.5 Å². The van der Waals surface area contributed by atoms with E-state index in [9.17, 15) is 0 Å². The van der Waals surface area contributed by atoms with E-state index in [1.54, 1.807) is 5.70 Å². The molecule has 1 nitrogen and oxygen atoms in total. The summed E-state index contributed by atoms with van der Waals surface area (Å²) in [6, 6.07) is 0. The van der Waals surface area contributed by atoms with Crippen molar-refractivity contribution in [3.63, 3.8) is 0 Å². The minimum Gasteiger partial charge on any atom is -0.381 e. The van der Waals surface area contributed by atoms with Crippen LogP contribution < -0.4 is 0 Å². The van der Waals surface area contributed by atoms with Gasteiger partial charge in [0, 0.05) is 19.8 Å². The quantitative estimate of drug-likeness (QED) is 0.525. The number of rotatable bonds is 1. The molecule has 0 aliphatic heterocycles. The molecule has 0 amide bonds. The smallest absolute Gasteiger partial charge is 0.00869 e. The molecule has 1 rings (SSSR count). The van der Waals surface area contributed by atoms with Crippen molar-refractivity contribution >= 4 is 0 Å². The van der Waals surface area contributed by atoms with Gasteiger partial charge in [0.25, 0.3) is 0 Å². The van der Waals surface area contributed by atoms with Crippen LogP contribution in [0, 0.1) is 0 Å². The number of hydrogen-bond donors (Lipinski definition) is 0. The highest BCUT2D eigenvalue weighted by atomic mass is 15.1. The standard InChI is InChI=1S/C19H35N/c1-20(2)19-17-15-13-11-9-7-5-3-4-6-8-10-12-14-16-18-19/h3-4,17H,5-16,18H2,1-2H3/b4-3-,19-17+. The topological polar surface area (TPSA) is 3.24 Å². The van der Waals surface area contributed by atoms with Crippen molar-refractivity contribution < 1.29 is 0 Å². The second kappa shape index (κ2) is 12.1. The molecule has 0 spiro atoms. The Morgan fingerprint density at radius 3 is 1.75 bits per heavy atom. The Balaban J connectivity index is 2.36. The lowest BCUT2D eigenvalue weighted by molar-refractivity contribution is 0.468. The van der Waals surface area contributed by atoms with Gasteiger partial charge in [0.1, 0.15) is 0 Å².